The van der Waals surface area contributed by atoms with Gasteiger partial charge in [-0.2, -0.15) is 9.61 Å². The molecule has 4 rings (SSSR count). The van der Waals surface area contributed by atoms with Crippen molar-refractivity contribution in [2.24, 2.45) is 0 Å². The van der Waals surface area contributed by atoms with E-state index in [9.17, 15) is 8.42 Å². The molecule has 0 aliphatic heterocycles. The molecule has 4 aromatic rings. The van der Waals surface area contributed by atoms with Crippen LogP contribution in [0.1, 0.15) is 0 Å². The molecule has 0 unspecified atom stereocenters. The van der Waals surface area contributed by atoms with Gasteiger partial charge in [0.15, 0.2) is 5.65 Å². The molecule has 0 amide bonds. The van der Waals surface area contributed by atoms with Crippen molar-refractivity contribution in [2.75, 3.05) is 4.72 Å². The van der Waals surface area contributed by atoms with Crippen LogP contribution in [0.2, 0.25) is 10.0 Å². The zero-order valence-electron chi connectivity index (χ0n) is 13.5. The Hall–Kier alpha value is -2.68. The largest absolute Gasteiger partial charge is 0.280 e. The normalized spacial score (nSPS) is 11.6. The molecular formula is C17H11Cl2N5O2S. The minimum atomic E-state index is -3.87. The van der Waals surface area contributed by atoms with Crippen molar-refractivity contribution in [1.82, 2.24) is 19.8 Å². The second-order valence-electron chi connectivity index (χ2n) is 5.61. The van der Waals surface area contributed by atoms with Crippen LogP contribution in [-0.2, 0) is 10.0 Å². The highest BCUT2D eigenvalue weighted by Crippen LogP contribution is 2.27. The van der Waals surface area contributed by atoms with E-state index in [0.29, 0.717) is 17.0 Å². The molecule has 0 atom stereocenters. The Morgan fingerprint density at radius 3 is 2.52 bits per heavy atom. The molecule has 0 fully saturated rings. The fourth-order valence-corrected chi connectivity index (χ4v) is 4.31. The number of aromatic nitrogens is 4. The maximum atomic E-state index is 12.6. The molecule has 2 aromatic heterocycles. The van der Waals surface area contributed by atoms with Crippen LogP contribution in [0.4, 0.5) is 5.69 Å². The van der Waals surface area contributed by atoms with Crippen LogP contribution in [0, 0.1) is 0 Å². The maximum Gasteiger partial charge on any atom is 0.263 e. The molecule has 27 heavy (non-hydrogen) atoms. The number of nitrogens with one attached hydrogen (secondary N) is 1. The van der Waals surface area contributed by atoms with Crippen molar-refractivity contribution in [1.29, 1.82) is 0 Å². The quantitative estimate of drug-likeness (QED) is 0.541. The molecule has 0 spiro atoms. The van der Waals surface area contributed by atoms with Crippen LogP contribution in [0.5, 0.6) is 0 Å². The molecular weight excluding hydrogens is 409 g/mol. The highest BCUT2D eigenvalue weighted by molar-refractivity contribution is 7.92. The third kappa shape index (κ3) is 3.59. The molecule has 0 radical (unpaired) electrons. The van der Waals surface area contributed by atoms with Crippen molar-refractivity contribution >= 4 is 44.6 Å². The van der Waals surface area contributed by atoms with E-state index < -0.39 is 10.0 Å². The number of fused-ring (bicyclic) bond motifs is 1. The van der Waals surface area contributed by atoms with Crippen LogP contribution >= 0.6 is 23.2 Å². The molecule has 2 aromatic carbocycles. The van der Waals surface area contributed by atoms with Crippen LogP contribution in [0.15, 0.2) is 65.8 Å². The first-order valence-electron chi connectivity index (χ1n) is 7.68. The molecule has 0 aliphatic rings. The summed E-state index contributed by atoms with van der Waals surface area (Å²) in [5, 5.41) is 12.5. The number of hydrogen-bond donors (Lipinski definition) is 1. The third-order valence-electron chi connectivity index (χ3n) is 3.78. The number of benzene rings is 2. The van der Waals surface area contributed by atoms with Gasteiger partial charge in [-0.05, 0) is 42.5 Å². The van der Waals surface area contributed by atoms with E-state index in [4.69, 9.17) is 23.2 Å². The lowest BCUT2D eigenvalue weighted by Crippen LogP contribution is -2.13. The molecule has 0 saturated heterocycles. The summed E-state index contributed by atoms with van der Waals surface area (Å²) in [6.07, 6.45) is 1.51. The number of nitrogens with zero attached hydrogens (tertiary/aromatic N) is 4. The molecule has 7 nitrogen and oxygen atoms in total. The van der Waals surface area contributed by atoms with Crippen molar-refractivity contribution in [2.45, 2.75) is 4.90 Å². The predicted molar refractivity (Wildman–Crippen MR) is 103 cm³/mol. The zero-order chi connectivity index (χ0) is 19.0. The van der Waals surface area contributed by atoms with E-state index in [-0.39, 0.29) is 14.9 Å². The Bertz CT molecular complexity index is 1240. The summed E-state index contributed by atoms with van der Waals surface area (Å²) in [5.41, 5.74) is 2.55. The Balaban J connectivity index is 1.61. The van der Waals surface area contributed by atoms with Crippen LogP contribution in [0.25, 0.3) is 16.9 Å². The van der Waals surface area contributed by atoms with Gasteiger partial charge < -0.3 is 0 Å². The third-order valence-corrected chi connectivity index (χ3v) is 5.88. The number of anilines is 1. The van der Waals surface area contributed by atoms with Crippen molar-refractivity contribution in [3.63, 3.8) is 0 Å². The minimum absolute atomic E-state index is 0.0829. The second-order valence-corrected chi connectivity index (χ2v) is 8.10. The number of halogens is 2. The minimum Gasteiger partial charge on any atom is -0.280 e. The lowest BCUT2D eigenvalue weighted by Gasteiger charge is -2.10. The molecule has 2 heterocycles. The summed E-state index contributed by atoms with van der Waals surface area (Å²) in [6.45, 7) is 0. The summed E-state index contributed by atoms with van der Waals surface area (Å²) in [5.74, 6) is 0. The van der Waals surface area contributed by atoms with E-state index in [1.165, 1.54) is 24.5 Å². The second kappa shape index (κ2) is 6.80. The average molecular weight is 420 g/mol. The first kappa shape index (κ1) is 17.7. The van der Waals surface area contributed by atoms with Gasteiger partial charge in [-0.25, -0.2) is 8.42 Å². The summed E-state index contributed by atoms with van der Waals surface area (Å²) in [7, 11) is -3.87. The van der Waals surface area contributed by atoms with Crippen molar-refractivity contribution in [3.8, 4) is 11.3 Å². The van der Waals surface area contributed by atoms with Gasteiger partial charge in [0.05, 0.1) is 10.7 Å². The summed E-state index contributed by atoms with van der Waals surface area (Å²) < 4.78 is 29.2. The standard InChI is InChI=1S/C17H11Cl2N5O2S/c18-12-3-6-14(19)16(9-12)27(25,26)23-13-4-1-11(2-5-13)15-7-8-17-21-20-10-24(17)22-15/h1-10,23H. The molecule has 10 heteroatoms. The average Bonchev–Trinajstić information content (AvgIpc) is 3.11. The smallest absolute Gasteiger partial charge is 0.263 e. The molecule has 0 saturated carbocycles. The summed E-state index contributed by atoms with van der Waals surface area (Å²) in [6, 6.07) is 14.7. The van der Waals surface area contributed by atoms with Gasteiger partial charge in [-0.1, -0.05) is 35.3 Å². The van der Waals surface area contributed by atoms with Gasteiger partial charge in [0.2, 0.25) is 0 Å². The molecule has 0 bridgehead atoms. The lowest BCUT2D eigenvalue weighted by molar-refractivity contribution is 0.601. The highest BCUT2D eigenvalue weighted by Gasteiger charge is 2.18. The molecule has 1 N–H and O–H groups in total. The summed E-state index contributed by atoms with van der Waals surface area (Å²) >= 11 is 11.9. The van der Waals surface area contributed by atoms with Gasteiger partial charge in [0, 0.05) is 16.3 Å². The number of hydrogen-bond acceptors (Lipinski definition) is 5. The number of rotatable bonds is 4. The SMILES string of the molecule is O=S(=O)(Nc1ccc(-c2ccc3nncn3n2)cc1)c1cc(Cl)ccc1Cl. The van der Waals surface area contributed by atoms with Gasteiger partial charge in [0.1, 0.15) is 11.2 Å². The lowest BCUT2D eigenvalue weighted by atomic mass is 10.1. The first-order chi connectivity index (χ1) is 12.9. The van der Waals surface area contributed by atoms with Crippen molar-refractivity contribution in [3.05, 3.63) is 71.0 Å². The van der Waals surface area contributed by atoms with Crippen LogP contribution in [-0.4, -0.2) is 28.2 Å². The Morgan fingerprint density at radius 2 is 1.74 bits per heavy atom. The van der Waals surface area contributed by atoms with E-state index in [0.717, 1.165) is 5.56 Å². The van der Waals surface area contributed by atoms with Crippen LogP contribution in [0.3, 0.4) is 0 Å². The molecule has 136 valence electrons. The number of sulfonamides is 1. The van der Waals surface area contributed by atoms with E-state index in [1.54, 1.807) is 34.8 Å². The van der Waals surface area contributed by atoms with Gasteiger partial charge in [0.25, 0.3) is 10.0 Å². The zero-order valence-corrected chi connectivity index (χ0v) is 15.9. The van der Waals surface area contributed by atoms with E-state index in [2.05, 4.69) is 20.0 Å². The van der Waals surface area contributed by atoms with Crippen LogP contribution < -0.4 is 4.72 Å². The fourth-order valence-electron chi connectivity index (χ4n) is 2.48. The van der Waals surface area contributed by atoms with E-state index >= 15 is 0 Å². The Kier molecular flexibility index (Phi) is 4.47. The Labute approximate surface area is 164 Å². The highest BCUT2D eigenvalue weighted by atomic mass is 35.5. The van der Waals surface area contributed by atoms with Crippen molar-refractivity contribution < 1.29 is 8.42 Å². The van der Waals surface area contributed by atoms with Gasteiger partial charge in [-0.3, -0.25) is 4.72 Å². The topological polar surface area (TPSA) is 89.2 Å². The predicted octanol–water partition coefficient (Wildman–Crippen LogP) is 3.90. The van der Waals surface area contributed by atoms with Gasteiger partial charge in [-0.15, -0.1) is 10.2 Å². The Morgan fingerprint density at radius 1 is 0.963 bits per heavy atom. The van der Waals surface area contributed by atoms with E-state index in [1.807, 2.05) is 6.07 Å². The fraction of sp³-hybridized carbons (Fsp3) is 0. The first-order valence-corrected chi connectivity index (χ1v) is 9.92. The maximum absolute atomic E-state index is 12.6. The molecule has 0 aliphatic carbocycles. The summed E-state index contributed by atoms with van der Waals surface area (Å²) in [4.78, 5) is -0.0829. The monoisotopic (exact) mass is 419 g/mol. The van der Waals surface area contributed by atoms with Gasteiger partial charge >= 0.3 is 0 Å².